The van der Waals surface area contributed by atoms with Crippen molar-refractivity contribution in [3.05, 3.63) is 148 Å². The molecule has 0 saturated carbocycles. The smallest absolute Gasteiger partial charge is 0.271 e. The van der Waals surface area contributed by atoms with Gasteiger partial charge in [0.25, 0.3) is 5.56 Å². The quantitative estimate of drug-likeness (QED) is 0.181. The molecule has 2 aliphatic rings. The van der Waals surface area contributed by atoms with E-state index in [0.717, 1.165) is 55.7 Å². The molecule has 0 bridgehead atoms. The van der Waals surface area contributed by atoms with Crippen molar-refractivity contribution in [2.75, 3.05) is 14.2 Å². The van der Waals surface area contributed by atoms with Gasteiger partial charge in [-0.1, -0.05) is 84.1 Å². The largest absolute Gasteiger partial charge is 0.496 e. The van der Waals surface area contributed by atoms with Crippen LogP contribution in [0.1, 0.15) is 40.3 Å². The van der Waals surface area contributed by atoms with E-state index in [0.29, 0.717) is 27.4 Å². The Morgan fingerprint density at radius 3 is 2.50 bits per heavy atom. The van der Waals surface area contributed by atoms with Gasteiger partial charge < -0.3 is 14.2 Å². The van der Waals surface area contributed by atoms with Crippen LogP contribution in [-0.2, 0) is 13.0 Å². The second-order valence-electron chi connectivity index (χ2n) is 10.7. The van der Waals surface area contributed by atoms with Gasteiger partial charge in [0.05, 0.1) is 34.1 Å². The Labute approximate surface area is 272 Å². The predicted octanol–water partition coefficient (Wildman–Crippen LogP) is 6.52. The van der Waals surface area contributed by atoms with Gasteiger partial charge in [-0.25, -0.2) is 4.99 Å². The molecule has 0 spiro atoms. The van der Waals surface area contributed by atoms with Gasteiger partial charge in [-0.15, -0.1) is 0 Å². The molecule has 7 rings (SSSR count). The summed E-state index contributed by atoms with van der Waals surface area (Å²) in [6, 6.07) is 30.1. The highest BCUT2D eigenvalue weighted by molar-refractivity contribution is 14.1. The van der Waals surface area contributed by atoms with Crippen LogP contribution in [0.5, 0.6) is 17.2 Å². The molecule has 4 aromatic carbocycles. The van der Waals surface area contributed by atoms with Crippen LogP contribution in [0.4, 0.5) is 0 Å². The molecular formula is C36H29IN2O4S. The summed E-state index contributed by atoms with van der Waals surface area (Å²) in [7, 11) is 3.31. The number of halogens is 1. The fourth-order valence-corrected chi connectivity index (χ4v) is 7.82. The molecule has 0 N–H and O–H groups in total. The summed E-state index contributed by atoms with van der Waals surface area (Å²) in [5.74, 6) is 2.05. The van der Waals surface area contributed by atoms with Crippen LogP contribution in [0, 0.1) is 3.57 Å². The Balaban J connectivity index is 1.36. The van der Waals surface area contributed by atoms with Crippen molar-refractivity contribution in [2.24, 2.45) is 4.99 Å². The molecular weight excluding hydrogens is 683 g/mol. The number of thiazole rings is 1. The van der Waals surface area contributed by atoms with E-state index in [2.05, 4.69) is 52.9 Å². The zero-order valence-corrected chi connectivity index (χ0v) is 27.2. The molecule has 8 heteroatoms. The van der Waals surface area contributed by atoms with Crippen LogP contribution in [0.3, 0.4) is 0 Å². The Morgan fingerprint density at radius 2 is 1.68 bits per heavy atom. The molecule has 220 valence electrons. The molecule has 1 aromatic heterocycles. The Kier molecular flexibility index (Phi) is 7.86. The van der Waals surface area contributed by atoms with Crippen LogP contribution < -0.4 is 29.1 Å². The molecule has 0 unspecified atom stereocenters. The molecule has 0 fully saturated rings. The van der Waals surface area contributed by atoms with Crippen LogP contribution in [0.25, 0.3) is 11.8 Å². The summed E-state index contributed by atoms with van der Waals surface area (Å²) >= 11 is 3.67. The van der Waals surface area contributed by atoms with Crippen LogP contribution in [0.15, 0.2) is 106 Å². The van der Waals surface area contributed by atoms with Gasteiger partial charge >= 0.3 is 0 Å². The number of allylic oxidation sites excluding steroid dienone is 1. The third kappa shape index (κ3) is 5.16. The summed E-state index contributed by atoms with van der Waals surface area (Å²) in [6.07, 6.45) is 3.64. The van der Waals surface area contributed by atoms with Gasteiger partial charge in [-0.3, -0.25) is 9.36 Å². The maximum Gasteiger partial charge on any atom is 0.271 e. The molecule has 1 atom stereocenters. The van der Waals surface area contributed by atoms with E-state index in [-0.39, 0.29) is 11.6 Å². The average Bonchev–Trinajstić information content (AvgIpc) is 3.37. The second-order valence-corrected chi connectivity index (χ2v) is 12.8. The lowest BCUT2D eigenvalue weighted by Gasteiger charge is -2.31. The first-order chi connectivity index (χ1) is 21.6. The van der Waals surface area contributed by atoms with E-state index in [1.54, 1.807) is 14.2 Å². The highest BCUT2D eigenvalue weighted by Crippen LogP contribution is 2.43. The summed E-state index contributed by atoms with van der Waals surface area (Å²) in [5.41, 5.74) is 7.34. The van der Waals surface area contributed by atoms with Gasteiger partial charge in [0.2, 0.25) is 0 Å². The number of fused-ring (bicyclic) bond motifs is 3. The summed E-state index contributed by atoms with van der Waals surface area (Å²) in [6.45, 7) is 0.432. The molecule has 2 heterocycles. The van der Waals surface area contributed by atoms with E-state index in [9.17, 15) is 4.79 Å². The van der Waals surface area contributed by atoms with Crippen LogP contribution >= 0.6 is 33.9 Å². The molecule has 6 nitrogen and oxygen atoms in total. The first-order valence-electron chi connectivity index (χ1n) is 14.4. The zero-order chi connectivity index (χ0) is 30.2. The molecule has 0 saturated heterocycles. The Bertz CT molecular complexity index is 2100. The number of rotatable bonds is 7. The first kappa shape index (κ1) is 28.6. The van der Waals surface area contributed by atoms with Crippen molar-refractivity contribution in [3.63, 3.8) is 0 Å². The zero-order valence-electron chi connectivity index (χ0n) is 24.2. The summed E-state index contributed by atoms with van der Waals surface area (Å²) < 4.78 is 21.1. The number of aromatic nitrogens is 1. The maximum atomic E-state index is 14.2. The van der Waals surface area contributed by atoms with Crippen LogP contribution in [0.2, 0.25) is 0 Å². The lowest BCUT2D eigenvalue weighted by Crippen LogP contribution is -2.39. The third-order valence-electron chi connectivity index (χ3n) is 8.08. The molecule has 5 aromatic rings. The second kappa shape index (κ2) is 12.1. The fraction of sp³-hybridized carbons (Fsp3) is 0.167. The monoisotopic (exact) mass is 712 g/mol. The van der Waals surface area contributed by atoms with E-state index in [1.807, 2.05) is 71.3 Å². The third-order valence-corrected chi connectivity index (χ3v) is 9.87. The standard InChI is InChI=1S/C36H29IN2O4S/c1-41-29-15-9-8-14-26(29)33-27-17-16-24-12-6-7-13-25(24)32(27)38-36-39(33)35(40)31(44-36)20-23-18-28(37)34(30(19-23)42-2)43-21-22-10-4-3-5-11-22/h3-15,18-20,33H,16-17,21H2,1-2H3/b31-20-/t33-/m1/s1. The Hall–Kier alpha value is -4.15. The molecule has 1 aliphatic heterocycles. The lowest BCUT2D eigenvalue weighted by atomic mass is 9.83. The highest BCUT2D eigenvalue weighted by atomic mass is 127. The maximum absolute atomic E-state index is 14.2. The highest BCUT2D eigenvalue weighted by Gasteiger charge is 2.34. The van der Waals surface area contributed by atoms with Gasteiger partial charge in [0, 0.05) is 11.1 Å². The first-order valence-corrected chi connectivity index (χ1v) is 16.3. The predicted molar refractivity (Wildman–Crippen MR) is 182 cm³/mol. The molecule has 1 aliphatic carbocycles. The average molecular weight is 713 g/mol. The lowest BCUT2D eigenvalue weighted by molar-refractivity contribution is 0.282. The van der Waals surface area contributed by atoms with Crippen molar-refractivity contribution in [3.8, 4) is 17.2 Å². The number of para-hydroxylation sites is 1. The van der Waals surface area contributed by atoms with Gasteiger partial charge in [0.1, 0.15) is 12.4 Å². The van der Waals surface area contributed by atoms with E-state index in [4.69, 9.17) is 19.2 Å². The number of hydrogen-bond donors (Lipinski definition) is 0. The SMILES string of the molecule is COc1ccccc1[C@@H]1C2=C(N=c3s/c(=C\c4cc(I)c(OCc5ccccc5)c(OC)c4)c(=O)n31)c1ccccc1CC2. The topological polar surface area (TPSA) is 62.0 Å². The van der Waals surface area contributed by atoms with Crippen molar-refractivity contribution < 1.29 is 14.2 Å². The van der Waals surface area contributed by atoms with Gasteiger partial charge in [-0.05, 0) is 82.0 Å². The van der Waals surface area contributed by atoms with E-state index in [1.165, 1.54) is 16.9 Å². The minimum Gasteiger partial charge on any atom is -0.496 e. The summed E-state index contributed by atoms with van der Waals surface area (Å²) in [4.78, 5) is 20.1. The molecule has 0 radical (unpaired) electrons. The Morgan fingerprint density at radius 1 is 0.932 bits per heavy atom. The van der Waals surface area contributed by atoms with E-state index < -0.39 is 0 Å². The normalized spacial score (nSPS) is 15.6. The van der Waals surface area contributed by atoms with Crippen molar-refractivity contribution in [1.82, 2.24) is 4.57 Å². The van der Waals surface area contributed by atoms with Crippen molar-refractivity contribution >= 4 is 45.7 Å². The molecule has 0 amide bonds. The number of methoxy groups -OCH3 is 2. The number of hydrogen-bond acceptors (Lipinski definition) is 6. The fourth-order valence-electron chi connectivity index (χ4n) is 6.04. The number of nitrogens with zero attached hydrogens (tertiary/aromatic N) is 2. The summed E-state index contributed by atoms with van der Waals surface area (Å²) in [5, 5.41) is 0. The van der Waals surface area contributed by atoms with Crippen LogP contribution in [-0.4, -0.2) is 18.8 Å². The van der Waals surface area contributed by atoms with E-state index >= 15 is 0 Å². The van der Waals surface area contributed by atoms with Gasteiger partial charge in [0.15, 0.2) is 16.3 Å². The van der Waals surface area contributed by atoms with Crippen molar-refractivity contribution in [2.45, 2.75) is 25.5 Å². The minimum atomic E-state index is -0.309. The number of aryl methyl sites for hydroxylation is 1. The van der Waals surface area contributed by atoms with Crippen molar-refractivity contribution in [1.29, 1.82) is 0 Å². The minimum absolute atomic E-state index is 0.0755. The molecule has 44 heavy (non-hydrogen) atoms. The number of ether oxygens (including phenoxy) is 3. The van der Waals surface area contributed by atoms with Gasteiger partial charge in [-0.2, -0.15) is 0 Å². The number of benzene rings is 4.